The molecule has 0 bridgehead atoms. The molecule has 0 radical (unpaired) electrons. The van der Waals surface area contributed by atoms with E-state index in [0.717, 1.165) is 93.6 Å². The highest BCUT2D eigenvalue weighted by atomic mass is 16.3. The monoisotopic (exact) mass is 752 g/mol. The Bertz CT molecular complexity index is 3830. The van der Waals surface area contributed by atoms with Gasteiger partial charge in [-0.15, -0.1) is 0 Å². The standard InChI is InChI=1S/C54H32N4O/c1-2-13-33(14-3-1)34-25-27-36(28-26-34)50-42-19-6-9-21-44(42)55-54(56-50)58-51-40(31-32-48-49(51)43-20-8-11-24-47(43)59-48)41-30-29-39-38-18-7-10-22-46(38)57(52(39)53(41)58)45-23-12-16-35-15-4-5-17-37(35)45/h1-32H. The van der Waals surface area contributed by atoms with Crippen LogP contribution in [0, 0.1) is 0 Å². The van der Waals surface area contributed by atoms with Crippen LogP contribution < -0.4 is 0 Å². The van der Waals surface area contributed by atoms with Gasteiger partial charge in [-0.1, -0.05) is 158 Å². The molecule has 0 saturated carbocycles. The fourth-order valence-corrected chi connectivity index (χ4v) is 9.53. The predicted molar refractivity (Wildman–Crippen MR) is 244 cm³/mol. The van der Waals surface area contributed by atoms with Crippen LogP contribution in [0.5, 0.6) is 0 Å². The van der Waals surface area contributed by atoms with E-state index in [2.05, 4.69) is 197 Å². The van der Waals surface area contributed by atoms with E-state index in [1.807, 2.05) is 6.07 Å². The van der Waals surface area contributed by atoms with Crippen molar-refractivity contribution in [2.75, 3.05) is 0 Å². The van der Waals surface area contributed by atoms with Gasteiger partial charge in [0.2, 0.25) is 5.95 Å². The van der Waals surface area contributed by atoms with Crippen molar-refractivity contribution in [1.29, 1.82) is 0 Å². The van der Waals surface area contributed by atoms with Crippen molar-refractivity contribution < 1.29 is 4.42 Å². The third-order valence-electron chi connectivity index (χ3n) is 12.1. The molecular formula is C54H32N4O. The topological polar surface area (TPSA) is 48.8 Å². The third-order valence-corrected chi connectivity index (χ3v) is 12.1. The molecule has 5 nitrogen and oxygen atoms in total. The molecule has 5 heteroatoms. The Morgan fingerprint density at radius 3 is 1.83 bits per heavy atom. The van der Waals surface area contributed by atoms with Crippen molar-refractivity contribution in [2.45, 2.75) is 0 Å². The molecule has 0 aliphatic heterocycles. The molecule has 0 unspecified atom stereocenters. The first-order valence-corrected chi connectivity index (χ1v) is 20.0. The van der Waals surface area contributed by atoms with Crippen molar-refractivity contribution in [2.24, 2.45) is 0 Å². The van der Waals surface area contributed by atoms with Crippen molar-refractivity contribution in [1.82, 2.24) is 19.1 Å². The van der Waals surface area contributed by atoms with Crippen LogP contribution in [-0.4, -0.2) is 19.1 Å². The van der Waals surface area contributed by atoms with Gasteiger partial charge in [0.05, 0.1) is 44.4 Å². The molecule has 0 aliphatic rings. The van der Waals surface area contributed by atoms with Crippen LogP contribution >= 0.6 is 0 Å². The third kappa shape index (κ3) is 4.61. The van der Waals surface area contributed by atoms with E-state index in [4.69, 9.17) is 14.4 Å². The summed E-state index contributed by atoms with van der Waals surface area (Å²) in [5, 5.41) is 10.1. The number of aromatic nitrogens is 4. The van der Waals surface area contributed by atoms with E-state index in [1.165, 1.54) is 21.7 Å². The quantitative estimate of drug-likeness (QED) is 0.180. The van der Waals surface area contributed by atoms with E-state index in [0.29, 0.717) is 5.95 Å². The van der Waals surface area contributed by atoms with Gasteiger partial charge < -0.3 is 8.98 Å². The lowest BCUT2D eigenvalue weighted by atomic mass is 10.0. The largest absolute Gasteiger partial charge is 0.456 e. The maximum absolute atomic E-state index is 6.58. The van der Waals surface area contributed by atoms with E-state index in [9.17, 15) is 0 Å². The molecule has 0 amide bonds. The highest BCUT2D eigenvalue weighted by molar-refractivity contribution is 6.29. The first kappa shape index (κ1) is 32.1. The number of rotatable bonds is 4. The fraction of sp³-hybridized carbons (Fsp3) is 0. The minimum absolute atomic E-state index is 0.603. The zero-order chi connectivity index (χ0) is 38.6. The molecule has 0 N–H and O–H groups in total. The Morgan fingerprint density at radius 1 is 0.356 bits per heavy atom. The smallest absolute Gasteiger partial charge is 0.235 e. The second kappa shape index (κ2) is 12.2. The molecule has 0 fully saturated rings. The molecule has 0 aliphatic carbocycles. The molecule has 0 atom stereocenters. The van der Waals surface area contributed by atoms with Gasteiger partial charge in [-0.2, -0.15) is 0 Å². The zero-order valence-corrected chi connectivity index (χ0v) is 31.7. The summed E-state index contributed by atoms with van der Waals surface area (Å²) in [6, 6.07) is 68.9. The van der Waals surface area contributed by atoms with Gasteiger partial charge in [0.1, 0.15) is 11.2 Å². The zero-order valence-electron chi connectivity index (χ0n) is 31.7. The average molecular weight is 753 g/mol. The lowest BCUT2D eigenvalue weighted by Gasteiger charge is -2.15. The molecule has 13 rings (SSSR count). The predicted octanol–water partition coefficient (Wildman–Crippen LogP) is 14.2. The molecule has 0 spiro atoms. The highest BCUT2D eigenvalue weighted by Gasteiger charge is 2.26. The number of hydrogen-bond acceptors (Lipinski definition) is 3. The van der Waals surface area contributed by atoms with Crippen LogP contribution in [0.4, 0.5) is 0 Å². The van der Waals surface area contributed by atoms with Crippen LogP contribution in [0.1, 0.15) is 0 Å². The molecule has 59 heavy (non-hydrogen) atoms. The molecule has 9 aromatic carbocycles. The number of hydrogen-bond donors (Lipinski definition) is 0. The lowest BCUT2D eigenvalue weighted by Crippen LogP contribution is -2.05. The van der Waals surface area contributed by atoms with Crippen LogP contribution in [0.15, 0.2) is 199 Å². The van der Waals surface area contributed by atoms with Crippen molar-refractivity contribution >= 4 is 87.2 Å². The second-order valence-corrected chi connectivity index (χ2v) is 15.3. The summed E-state index contributed by atoms with van der Waals surface area (Å²) in [6.45, 7) is 0. The molecule has 274 valence electrons. The maximum Gasteiger partial charge on any atom is 0.235 e. The minimum Gasteiger partial charge on any atom is -0.456 e. The highest BCUT2D eigenvalue weighted by Crippen LogP contribution is 2.46. The number of furan rings is 1. The summed E-state index contributed by atoms with van der Waals surface area (Å²) < 4.78 is 11.4. The van der Waals surface area contributed by atoms with E-state index < -0.39 is 0 Å². The normalized spacial score (nSPS) is 12.1. The van der Waals surface area contributed by atoms with Crippen molar-refractivity contribution in [3.63, 3.8) is 0 Å². The van der Waals surface area contributed by atoms with Gasteiger partial charge in [-0.25, -0.2) is 9.97 Å². The molecule has 13 aromatic rings. The first-order chi connectivity index (χ1) is 29.3. The second-order valence-electron chi connectivity index (χ2n) is 15.3. The minimum atomic E-state index is 0.603. The molecular weight excluding hydrogens is 721 g/mol. The summed E-state index contributed by atoms with van der Waals surface area (Å²) in [5.74, 6) is 0.603. The van der Waals surface area contributed by atoms with Gasteiger partial charge in [-0.05, 0) is 52.9 Å². The molecule has 4 heterocycles. The van der Waals surface area contributed by atoms with Crippen LogP contribution in [0.3, 0.4) is 0 Å². The van der Waals surface area contributed by atoms with E-state index in [-0.39, 0.29) is 0 Å². The molecule has 0 saturated heterocycles. The Labute approximate surface area is 337 Å². The number of fused-ring (bicyclic) bond motifs is 13. The van der Waals surface area contributed by atoms with Crippen molar-refractivity contribution in [3.8, 4) is 34.0 Å². The Hall–Kier alpha value is -8.02. The Kier molecular flexibility index (Phi) is 6.66. The Morgan fingerprint density at radius 2 is 0.966 bits per heavy atom. The molecule has 4 aromatic heterocycles. The van der Waals surface area contributed by atoms with Gasteiger partial charge in [-0.3, -0.25) is 4.57 Å². The van der Waals surface area contributed by atoms with Crippen molar-refractivity contribution in [3.05, 3.63) is 194 Å². The van der Waals surface area contributed by atoms with E-state index in [1.54, 1.807) is 0 Å². The fourth-order valence-electron chi connectivity index (χ4n) is 9.53. The van der Waals surface area contributed by atoms with Gasteiger partial charge in [0.15, 0.2) is 0 Å². The SMILES string of the molecule is c1ccc(-c2ccc(-c3nc(-n4c5c(ccc6oc7ccccc7c65)c5ccc6c7ccccc7n(-c7cccc8ccccc78)c6c54)nc4ccccc34)cc2)cc1. The summed E-state index contributed by atoms with van der Waals surface area (Å²) in [6.07, 6.45) is 0. The van der Waals surface area contributed by atoms with E-state index >= 15 is 0 Å². The van der Waals surface area contributed by atoms with Gasteiger partial charge in [0, 0.05) is 43.3 Å². The number of para-hydroxylation sites is 3. The summed E-state index contributed by atoms with van der Waals surface area (Å²) in [7, 11) is 0. The van der Waals surface area contributed by atoms with Gasteiger partial charge in [0.25, 0.3) is 0 Å². The van der Waals surface area contributed by atoms with Crippen LogP contribution in [0.25, 0.3) is 121 Å². The Balaban J connectivity index is 1.22. The summed E-state index contributed by atoms with van der Waals surface area (Å²) in [5.41, 5.74) is 12.2. The summed E-state index contributed by atoms with van der Waals surface area (Å²) in [4.78, 5) is 11.1. The van der Waals surface area contributed by atoms with Crippen LogP contribution in [-0.2, 0) is 0 Å². The lowest BCUT2D eigenvalue weighted by molar-refractivity contribution is 0.669. The summed E-state index contributed by atoms with van der Waals surface area (Å²) >= 11 is 0. The van der Waals surface area contributed by atoms with Gasteiger partial charge >= 0.3 is 0 Å². The average Bonchev–Trinajstić information content (AvgIpc) is 3.96. The first-order valence-electron chi connectivity index (χ1n) is 20.0. The number of nitrogens with zero attached hydrogens (tertiary/aromatic N) is 4. The number of benzene rings is 9. The maximum atomic E-state index is 6.58. The van der Waals surface area contributed by atoms with Crippen LogP contribution in [0.2, 0.25) is 0 Å².